The van der Waals surface area contributed by atoms with E-state index < -0.39 is 12.1 Å². The lowest BCUT2D eigenvalue weighted by molar-refractivity contribution is 0.134. The van der Waals surface area contributed by atoms with Crippen LogP contribution in [0, 0.1) is 18.3 Å². The van der Waals surface area contributed by atoms with Crippen LogP contribution in [0.3, 0.4) is 0 Å². The smallest absolute Gasteiger partial charge is 0.415 e. The number of rotatable bonds is 1. The van der Waals surface area contributed by atoms with Crippen molar-refractivity contribution in [3.8, 4) is 6.07 Å². The average Bonchev–Trinajstić information content (AvgIpc) is 2.32. The summed E-state index contributed by atoms with van der Waals surface area (Å²) >= 11 is 3.41. The molecule has 17 heavy (non-hydrogen) atoms. The predicted molar refractivity (Wildman–Crippen MR) is 66.7 cm³/mol. The summed E-state index contributed by atoms with van der Waals surface area (Å²) in [5.74, 6) is 0. The van der Waals surface area contributed by atoms with E-state index in [0.29, 0.717) is 18.7 Å². The van der Waals surface area contributed by atoms with Gasteiger partial charge in [0.25, 0.3) is 0 Å². The molecule has 0 aromatic heterocycles. The molecule has 1 aliphatic heterocycles. The van der Waals surface area contributed by atoms with Crippen LogP contribution in [0.2, 0.25) is 0 Å². The number of anilines is 1. The molecule has 0 saturated carbocycles. The molecule has 0 aliphatic carbocycles. The molecule has 1 fully saturated rings. The zero-order chi connectivity index (χ0) is 12.4. The van der Waals surface area contributed by atoms with Crippen molar-refractivity contribution >= 4 is 27.7 Å². The molecule has 1 atom stereocenters. The Labute approximate surface area is 108 Å². The molecule has 1 amide bonds. The van der Waals surface area contributed by atoms with E-state index in [2.05, 4.69) is 22.0 Å². The first-order valence-electron chi connectivity index (χ1n) is 5.25. The number of hydrogen-bond donors (Lipinski definition) is 0. The van der Waals surface area contributed by atoms with E-state index in [9.17, 15) is 4.79 Å². The van der Waals surface area contributed by atoms with Gasteiger partial charge in [0.15, 0.2) is 0 Å². The number of benzene rings is 1. The normalized spacial score (nSPS) is 19.7. The number of amides is 1. The minimum Gasteiger partial charge on any atom is -0.449 e. The van der Waals surface area contributed by atoms with Gasteiger partial charge in [-0.3, -0.25) is 4.90 Å². The molecule has 4 nitrogen and oxygen atoms in total. The second kappa shape index (κ2) is 4.76. The van der Waals surface area contributed by atoms with Crippen molar-refractivity contribution < 1.29 is 9.53 Å². The van der Waals surface area contributed by atoms with Gasteiger partial charge in [-0.05, 0) is 24.6 Å². The Kier molecular flexibility index (Phi) is 3.34. The van der Waals surface area contributed by atoms with Crippen LogP contribution in [0.25, 0.3) is 0 Å². The van der Waals surface area contributed by atoms with Gasteiger partial charge < -0.3 is 4.74 Å². The van der Waals surface area contributed by atoms with Crippen LogP contribution in [-0.4, -0.2) is 18.7 Å². The summed E-state index contributed by atoms with van der Waals surface area (Å²) in [5.41, 5.74) is 1.76. The van der Waals surface area contributed by atoms with Crippen LogP contribution in [0.15, 0.2) is 22.7 Å². The maximum absolute atomic E-state index is 11.7. The fourth-order valence-electron chi connectivity index (χ4n) is 1.72. The minimum atomic E-state index is -0.460. The van der Waals surface area contributed by atoms with Gasteiger partial charge in [0.1, 0.15) is 6.04 Å². The number of nitriles is 1. The van der Waals surface area contributed by atoms with Crippen molar-refractivity contribution in [2.24, 2.45) is 0 Å². The topological polar surface area (TPSA) is 53.3 Å². The van der Waals surface area contributed by atoms with Crippen molar-refractivity contribution in [2.45, 2.75) is 19.4 Å². The van der Waals surface area contributed by atoms with E-state index in [-0.39, 0.29) is 0 Å². The zero-order valence-corrected chi connectivity index (χ0v) is 10.9. The van der Waals surface area contributed by atoms with Gasteiger partial charge in [0.2, 0.25) is 0 Å². The molecule has 0 bridgehead atoms. The number of cyclic esters (lactones) is 1. The Bertz CT molecular complexity index is 496. The average molecular weight is 295 g/mol. The lowest BCUT2D eigenvalue weighted by Crippen LogP contribution is -2.45. The number of carbonyl (C=O) groups excluding carboxylic acids is 1. The van der Waals surface area contributed by atoms with Crippen molar-refractivity contribution in [1.82, 2.24) is 0 Å². The lowest BCUT2D eigenvalue weighted by Gasteiger charge is -2.30. The third kappa shape index (κ3) is 2.27. The summed E-state index contributed by atoms with van der Waals surface area (Å²) in [7, 11) is 0. The fourth-order valence-corrected chi connectivity index (χ4v) is 2.09. The number of aryl methyl sites for hydroxylation is 1. The Morgan fingerprint density at radius 3 is 3.00 bits per heavy atom. The first-order chi connectivity index (χ1) is 8.13. The van der Waals surface area contributed by atoms with Crippen LogP contribution < -0.4 is 4.90 Å². The highest BCUT2D eigenvalue weighted by Gasteiger charge is 2.31. The summed E-state index contributed by atoms with van der Waals surface area (Å²) in [6.07, 6.45) is 0.0758. The molecule has 1 unspecified atom stereocenters. The molecule has 0 radical (unpaired) electrons. The largest absolute Gasteiger partial charge is 0.449 e. The SMILES string of the molecule is Cc1ccc(N2C(=O)OCCC2C#N)cc1Br. The second-order valence-corrected chi connectivity index (χ2v) is 4.71. The number of halogens is 1. The molecule has 0 N–H and O–H groups in total. The fraction of sp³-hybridized carbons (Fsp3) is 0.333. The Balaban J connectivity index is 2.39. The van der Waals surface area contributed by atoms with Gasteiger partial charge >= 0.3 is 6.09 Å². The number of carbonyl (C=O) groups is 1. The van der Waals surface area contributed by atoms with Gasteiger partial charge in [-0.15, -0.1) is 0 Å². The third-order valence-corrected chi connectivity index (χ3v) is 3.56. The van der Waals surface area contributed by atoms with Crippen LogP contribution >= 0.6 is 15.9 Å². The van der Waals surface area contributed by atoms with E-state index >= 15 is 0 Å². The van der Waals surface area contributed by atoms with Crippen molar-refractivity contribution in [2.75, 3.05) is 11.5 Å². The molecule has 88 valence electrons. The first kappa shape index (κ1) is 11.9. The van der Waals surface area contributed by atoms with E-state index in [1.54, 1.807) is 0 Å². The predicted octanol–water partition coefficient (Wildman–Crippen LogP) is 3.00. The Morgan fingerprint density at radius 2 is 2.35 bits per heavy atom. The van der Waals surface area contributed by atoms with Crippen LogP contribution in [0.5, 0.6) is 0 Å². The quantitative estimate of drug-likeness (QED) is 0.800. The standard InChI is InChI=1S/C12H11BrN2O2/c1-8-2-3-9(6-11(8)13)15-10(7-14)4-5-17-12(15)16/h2-3,6,10H,4-5H2,1H3. The van der Waals surface area contributed by atoms with Gasteiger partial charge in [0.05, 0.1) is 12.7 Å². The minimum absolute atomic E-state index is 0.306. The molecule has 2 rings (SSSR count). The van der Waals surface area contributed by atoms with Crippen LogP contribution in [-0.2, 0) is 4.74 Å². The summed E-state index contributed by atoms with van der Waals surface area (Å²) in [6.45, 7) is 2.27. The molecular formula is C12H11BrN2O2. The van der Waals surface area contributed by atoms with Crippen molar-refractivity contribution in [3.05, 3.63) is 28.2 Å². The van der Waals surface area contributed by atoms with E-state index in [4.69, 9.17) is 10.00 Å². The van der Waals surface area contributed by atoms with E-state index in [1.165, 1.54) is 4.90 Å². The number of ether oxygens (including phenoxy) is 1. The first-order valence-corrected chi connectivity index (χ1v) is 6.04. The van der Waals surface area contributed by atoms with Gasteiger partial charge in [-0.25, -0.2) is 4.79 Å². The number of nitrogens with zero attached hydrogens (tertiary/aromatic N) is 2. The summed E-state index contributed by atoms with van der Waals surface area (Å²) in [6, 6.07) is 7.21. The van der Waals surface area contributed by atoms with Crippen LogP contribution in [0.1, 0.15) is 12.0 Å². The van der Waals surface area contributed by atoms with Crippen LogP contribution in [0.4, 0.5) is 10.5 Å². The molecular weight excluding hydrogens is 284 g/mol. The maximum Gasteiger partial charge on any atom is 0.415 e. The maximum atomic E-state index is 11.7. The van der Waals surface area contributed by atoms with Gasteiger partial charge in [-0.2, -0.15) is 5.26 Å². The molecule has 1 saturated heterocycles. The zero-order valence-electron chi connectivity index (χ0n) is 9.31. The van der Waals surface area contributed by atoms with E-state index in [1.807, 2.05) is 25.1 Å². The van der Waals surface area contributed by atoms with Gasteiger partial charge in [0, 0.05) is 16.6 Å². The molecule has 5 heteroatoms. The highest BCUT2D eigenvalue weighted by molar-refractivity contribution is 9.10. The summed E-state index contributed by atoms with van der Waals surface area (Å²) in [4.78, 5) is 13.1. The third-order valence-electron chi connectivity index (χ3n) is 2.71. The second-order valence-electron chi connectivity index (χ2n) is 3.85. The highest BCUT2D eigenvalue weighted by atomic mass is 79.9. The Hall–Kier alpha value is -1.54. The Morgan fingerprint density at radius 1 is 1.59 bits per heavy atom. The molecule has 1 heterocycles. The number of hydrogen-bond acceptors (Lipinski definition) is 3. The van der Waals surface area contributed by atoms with Crippen molar-refractivity contribution in [1.29, 1.82) is 5.26 Å². The van der Waals surface area contributed by atoms with E-state index in [0.717, 1.165) is 10.0 Å². The summed E-state index contributed by atoms with van der Waals surface area (Å²) < 4.78 is 5.88. The van der Waals surface area contributed by atoms with Crippen molar-refractivity contribution in [3.63, 3.8) is 0 Å². The summed E-state index contributed by atoms with van der Waals surface area (Å²) in [5, 5.41) is 9.05. The molecule has 1 aliphatic rings. The molecule has 0 spiro atoms. The lowest BCUT2D eigenvalue weighted by atomic mass is 10.1. The highest BCUT2D eigenvalue weighted by Crippen LogP contribution is 2.27. The monoisotopic (exact) mass is 294 g/mol. The van der Waals surface area contributed by atoms with Gasteiger partial charge in [-0.1, -0.05) is 22.0 Å². The molecule has 1 aromatic rings. The molecule has 1 aromatic carbocycles.